The molecule has 2 atom stereocenters. The summed E-state index contributed by atoms with van der Waals surface area (Å²) >= 11 is 0. The largest absolute Gasteiger partial charge is 0.249 e. The van der Waals surface area contributed by atoms with Gasteiger partial charge in [0, 0.05) is 12.8 Å². The molecule has 14 heavy (non-hydrogen) atoms. The van der Waals surface area contributed by atoms with Gasteiger partial charge in [-0.2, -0.15) is 9.78 Å². The third-order valence-electron chi connectivity index (χ3n) is 2.06. The molecule has 0 amide bonds. The molecule has 0 spiro atoms. The number of hydrogen-bond donors (Lipinski definition) is 2. The Morgan fingerprint density at radius 3 is 1.29 bits per heavy atom. The average Bonchev–Trinajstić information content (AvgIpc) is 2.25. The summed E-state index contributed by atoms with van der Waals surface area (Å²) in [5.74, 6) is -2.54. The van der Waals surface area contributed by atoms with Crippen molar-refractivity contribution >= 4 is 0 Å². The van der Waals surface area contributed by atoms with Gasteiger partial charge in [-0.3, -0.25) is 0 Å². The lowest BCUT2D eigenvalue weighted by molar-refractivity contribution is -0.566. The minimum Gasteiger partial charge on any atom is -0.249 e. The molecule has 0 rings (SSSR count). The molecule has 0 saturated heterocycles. The third kappa shape index (κ3) is 3.87. The molecule has 0 aromatic rings. The quantitative estimate of drug-likeness (QED) is 0.381. The molecule has 0 heterocycles. The Morgan fingerprint density at radius 1 is 0.857 bits per heavy atom. The lowest BCUT2D eigenvalue weighted by Gasteiger charge is -2.29. The van der Waals surface area contributed by atoms with Gasteiger partial charge in [0.05, 0.1) is 0 Å². The van der Waals surface area contributed by atoms with Gasteiger partial charge in [-0.05, 0) is 13.8 Å². The second kappa shape index (κ2) is 5.59. The van der Waals surface area contributed by atoms with Gasteiger partial charge in [0.2, 0.25) is 11.6 Å². The molecule has 6 nitrogen and oxygen atoms in total. The summed E-state index contributed by atoms with van der Waals surface area (Å²) in [7, 11) is 0. The Bertz CT molecular complexity index is 134. The molecule has 0 radical (unpaired) electrons. The van der Waals surface area contributed by atoms with E-state index in [-0.39, 0.29) is 0 Å². The van der Waals surface area contributed by atoms with Gasteiger partial charge in [-0.25, -0.2) is 20.3 Å². The molecule has 0 aromatic heterocycles. The Kier molecular flexibility index (Phi) is 5.50. The summed E-state index contributed by atoms with van der Waals surface area (Å²) in [5, 5.41) is 17.0. The van der Waals surface area contributed by atoms with E-state index in [4.69, 9.17) is 20.3 Å². The Morgan fingerprint density at radius 2 is 1.14 bits per heavy atom. The van der Waals surface area contributed by atoms with Crippen molar-refractivity contribution in [3.05, 3.63) is 0 Å². The third-order valence-corrected chi connectivity index (χ3v) is 2.06. The highest BCUT2D eigenvalue weighted by Gasteiger charge is 2.33. The fourth-order valence-electron chi connectivity index (χ4n) is 0.454. The van der Waals surface area contributed by atoms with E-state index in [0.717, 1.165) is 0 Å². The van der Waals surface area contributed by atoms with Crippen molar-refractivity contribution in [2.75, 3.05) is 0 Å². The first-order valence-corrected chi connectivity index (χ1v) is 4.47. The second-order valence-electron chi connectivity index (χ2n) is 3.32. The van der Waals surface area contributed by atoms with Crippen LogP contribution in [0, 0.1) is 0 Å². The van der Waals surface area contributed by atoms with Gasteiger partial charge in [0.15, 0.2) is 0 Å². The first kappa shape index (κ1) is 13.8. The molecule has 2 N–H and O–H groups in total. The summed E-state index contributed by atoms with van der Waals surface area (Å²) in [5.41, 5.74) is 0. The lowest BCUT2D eigenvalue weighted by Crippen LogP contribution is -2.38. The number of rotatable bonds is 7. The Labute approximate surface area is 83.1 Å². The van der Waals surface area contributed by atoms with E-state index in [1.807, 2.05) is 0 Å². The maximum absolute atomic E-state index is 8.52. The van der Waals surface area contributed by atoms with Crippen LogP contribution in [0.2, 0.25) is 0 Å². The molecule has 0 aliphatic heterocycles. The van der Waals surface area contributed by atoms with E-state index in [1.165, 1.54) is 13.8 Å². The highest BCUT2D eigenvalue weighted by Crippen LogP contribution is 2.22. The van der Waals surface area contributed by atoms with Crippen LogP contribution >= 0.6 is 0 Å². The van der Waals surface area contributed by atoms with E-state index in [2.05, 4.69) is 9.78 Å². The van der Waals surface area contributed by atoms with Gasteiger partial charge in [0.1, 0.15) is 0 Å². The minimum absolute atomic E-state index is 0.370. The van der Waals surface area contributed by atoms with Crippen molar-refractivity contribution < 1.29 is 30.1 Å². The summed E-state index contributed by atoms with van der Waals surface area (Å²) in [6.45, 7) is 6.45. The topological polar surface area (TPSA) is 77.4 Å². The van der Waals surface area contributed by atoms with Crippen LogP contribution in [0.3, 0.4) is 0 Å². The summed E-state index contributed by atoms with van der Waals surface area (Å²) in [6, 6.07) is 0. The summed E-state index contributed by atoms with van der Waals surface area (Å²) in [6.07, 6.45) is 0.740. The van der Waals surface area contributed by atoms with Gasteiger partial charge < -0.3 is 0 Å². The normalized spacial score (nSPS) is 20.1. The van der Waals surface area contributed by atoms with E-state index in [9.17, 15) is 0 Å². The maximum Gasteiger partial charge on any atom is 0.230 e. The Balaban J connectivity index is 4.14. The molecular formula is C8H18O6. The van der Waals surface area contributed by atoms with Crippen molar-refractivity contribution in [1.82, 2.24) is 0 Å². The first-order valence-electron chi connectivity index (χ1n) is 4.47. The van der Waals surface area contributed by atoms with Crippen LogP contribution in [0.5, 0.6) is 0 Å². The predicted molar refractivity (Wildman–Crippen MR) is 47.0 cm³/mol. The van der Waals surface area contributed by atoms with Gasteiger partial charge in [-0.1, -0.05) is 13.8 Å². The Hall–Kier alpha value is -0.240. The molecule has 0 aliphatic carbocycles. The predicted octanol–water partition coefficient (Wildman–Crippen LogP) is 2.17. The van der Waals surface area contributed by atoms with Crippen molar-refractivity contribution in [2.24, 2.45) is 0 Å². The van der Waals surface area contributed by atoms with Crippen LogP contribution in [0.4, 0.5) is 0 Å². The molecule has 0 saturated carbocycles. The van der Waals surface area contributed by atoms with Gasteiger partial charge in [-0.15, -0.1) is 0 Å². The molecule has 0 unspecified atom stereocenters. The highest BCUT2D eigenvalue weighted by atomic mass is 17.3. The molecule has 6 heteroatoms. The second-order valence-corrected chi connectivity index (χ2v) is 3.32. The van der Waals surface area contributed by atoms with Crippen LogP contribution in [-0.2, 0) is 19.6 Å². The average molecular weight is 210 g/mol. The first-order chi connectivity index (χ1) is 6.45. The van der Waals surface area contributed by atoms with Crippen LogP contribution in [0.25, 0.3) is 0 Å². The monoisotopic (exact) mass is 210 g/mol. The van der Waals surface area contributed by atoms with Crippen molar-refractivity contribution in [3.63, 3.8) is 0 Å². The van der Waals surface area contributed by atoms with E-state index in [0.29, 0.717) is 12.8 Å². The minimum atomic E-state index is -1.27. The summed E-state index contributed by atoms with van der Waals surface area (Å²) in [4.78, 5) is 17.8. The molecule has 0 aliphatic rings. The van der Waals surface area contributed by atoms with Crippen molar-refractivity contribution in [1.29, 1.82) is 0 Å². The number of hydrogen-bond acceptors (Lipinski definition) is 6. The zero-order chi connectivity index (χ0) is 11.2. The van der Waals surface area contributed by atoms with Crippen LogP contribution in [0.1, 0.15) is 40.5 Å². The maximum atomic E-state index is 8.52. The van der Waals surface area contributed by atoms with Crippen molar-refractivity contribution in [2.45, 2.75) is 52.1 Å². The summed E-state index contributed by atoms with van der Waals surface area (Å²) < 4.78 is 0. The standard InChI is InChI=1S/C8H18O6/c1-5-7(3,11-9)13-14-8(4,6-2)12-10/h9-10H,5-6H2,1-4H3/t7-,8-/m1/s1. The van der Waals surface area contributed by atoms with E-state index in [1.54, 1.807) is 13.8 Å². The fourth-order valence-corrected chi connectivity index (χ4v) is 0.454. The van der Waals surface area contributed by atoms with Crippen LogP contribution in [-0.4, -0.2) is 22.1 Å². The van der Waals surface area contributed by atoms with E-state index < -0.39 is 11.6 Å². The smallest absolute Gasteiger partial charge is 0.230 e. The van der Waals surface area contributed by atoms with E-state index >= 15 is 0 Å². The van der Waals surface area contributed by atoms with Crippen LogP contribution in [0.15, 0.2) is 0 Å². The highest BCUT2D eigenvalue weighted by molar-refractivity contribution is 4.57. The van der Waals surface area contributed by atoms with Crippen LogP contribution < -0.4 is 0 Å². The zero-order valence-corrected chi connectivity index (χ0v) is 8.94. The van der Waals surface area contributed by atoms with Gasteiger partial charge in [0.25, 0.3) is 0 Å². The molecular weight excluding hydrogens is 192 g/mol. The molecule has 0 bridgehead atoms. The van der Waals surface area contributed by atoms with Crippen molar-refractivity contribution in [3.8, 4) is 0 Å². The SMILES string of the molecule is CC[C@](C)(OO)OO[C@](C)(CC)OO. The molecule has 86 valence electrons. The zero-order valence-electron chi connectivity index (χ0n) is 8.94. The fraction of sp³-hybridized carbons (Fsp3) is 1.00. The lowest BCUT2D eigenvalue weighted by atomic mass is 10.2. The molecule has 0 fully saturated rings. The van der Waals surface area contributed by atoms with Gasteiger partial charge >= 0.3 is 0 Å². The molecule has 0 aromatic carbocycles.